The van der Waals surface area contributed by atoms with Crippen LogP contribution < -0.4 is 0 Å². The van der Waals surface area contributed by atoms with Crippen molar-refractivity contribution in [2.24, 2.45) is 0 Å². The van der Waals surface area contributed by atoms with E-state index >= 15 is 0 Å². The first-order valence-corrected chi connectivity index (χ1v) is 4.74. The summed E-state index contributed by atoms with van der Waals surface area (Å²) >= 11 is 0. The highest BCUT2D eigenvalue weighted by molar-refractivity contribution is 6.36. The summed E-state index contributed by atoms with van der Waals surface area (Å²) in [6, 6.07) is 8.90. The van der Waals surface area contributed by atoms with Crippen molar-refractivity contribution in [2.45, 2.75) is 6.10 Å². The molecule has 0 aliphatic carbocycles. The van der Waals surface area contributed by atoms with E-state index in [-0.39, 0.29) is 0 Å². The van der Waals surface area contributed by atoms with Crippen LogP contribution in [0.1, 0.15) is 5.56 Å². The number of ether oxygens (including phenoxy) is 1. The van der Waals surface area contributed by atoms with Gasteiger partial charge >= 0.3 is 11.7 Å². The van der Waals surface area contributed by atoms with Crippen molar-refractivity contribution < 1.29 is 19.4 Å². The van der Waals surface area contributed by atoms with E-state index in [1.54, 1.807) is 24.3 Å². The normalized spacial score (nSPS) is 10.5. The first-order valence-electron chi connectivity index (χ1n) is 4.74. The van der Waals surface area contributed by atoms with Gasteiger partial charge in [-0.05, 0) is 12.1 Å². The van der Waals surface area contributed by atoms with Crippen LogP contribution in [0.4, 0.5) is 0 Å². The van der Waals surface area contributed by atoms with E-state index in [4.69, 9.17) is 5.53 Å². The molecule has 17 heavy (non-hydrogen) atoms. The lowest BCUT2D eigenvalue weighted by Crippen LogP contribution is -2.29. The van der Waals surface area contributed by atoms with E-state index in [9.17, 15) is 9.90 Å². The van der Waals surface area contributed by atoms with Crippen molar-refractivity contribution in [3.63, 3.8) is 0 Å². The van der Waals surface area contributed by atoms with E-state index < -0.39 is 17.8 Å². The fourth-order valence-corrected chi connectivity index (χ4v) is 1.05. The topological polar surface area (TPSA) is 82.9 Å². The Kier molecular flexibility index (Phi) is 4.64. The minimum absolute atomic E-state index is 0.545. The first kappa shape index (κ1) is 12.7. The molecule has 0 aliphatic heterocycles. The maximum Gasteiger partial charge on any atom is 0.420 e. The second-order valence-corrected chi connectivity index (χ2v) is 3.01. The third-order valence-electron chi connectivity index (χ3n) is 1.89. The quantitative estimate of drug-likeness (QED) is 0.260. The minimum atomic E-state index is -1.49. The monoisotopic (exact) mass is 230 g/mol. The smallest absolute Gasteiger partial charge is 0.420 e. The van der Waals surface area contributed by atoms with Gasteiger partial charge in [0.25, 0.3) is 0 Å². The average molecular weight is 230 g/mol. The van der Waals surface area contributed by atoms with E-state index in [0.717, 1.165) is 7.11 Å². The van der Waals surface area contributed by atoms with Crippen LogP contribution in [0.2, 0.25) is 0 Å². The molecule has 1 unspecified atom stereocenters. The predicted octanol–water partition coefficient (Wildman–Crippen LogP) is 0.243. The highest BCUT2D eigenvalue weighted by Gasteiger charge is 2.29. The lowest BCUT2D eigenvalue weighted by atomic mass is 10.2. The van der Waals surface area contributed by atoms with Crippen molar-refractivity contribution >= 4 is 11.7 Å². The molecule has 0 saturated heterocycles. The van der Waals surface area contributed by atoms with Gasteiger partial charge in [-0.2, -0.15) is 4.79 Å². The van der Waals surface area contributed by atoms with Gasteiger partial charge in [0, 0.05) is 5.56 Å². The Morgan fingerprint density at radius 1 is 1.47 bits per heavy atom. The zero-order valence-electron chi connectivity index (χ0n) is 9.12. The van der Waals surface area contributed by atoms with Crippen LogP contribution >= 0.6 is 0 Å². The number of hydrogen-bond acceptors (Lipinski definition) is 3. The number of esters is 1. The molecule has 0 aromatic heterocycles. The van der Waals surface area contributed by atoms with Gasteiger partial charge in [0.2, 0.25) is 6.10 Å². The summed E-state index contributed by atoms with van der Waals surface area (Å²) < 4.78 is 4.32. The predicted molar refractivity (Wildman–Crippen MR) is 60.0 cm³/mol. The molecule has 0 spiro atoms. The molecule has 0 aliphatic rings. The molecular formula is C12H10N2O3. The van der Waals surface area contributed by atoms with Crippen LogP contribution in [0.5, 0.6) is 0 Å². The second-order valence-electron chi connectivity index (χ2n) is 3.01. The molecule has 1 N–H and O–H groups in total. The SMILES string of the molecule is COC(=O)C(=[N+]=[N-])C(O)C#Cc1ccccc1. The van der Waals surface area contributed by atoms with Crippen molar-refractivity contribution in [1.82, 2.24) is 0 Å². The van der Waals surface area contributed by atoms with Crippen molar-refractivity contribution in [1.29, 1.82) is 0 Å². The number of rotatable bonds is 2. The molecule has 1 atom stereocenters. The fraction of sp³-hybridized carbons (Fsp3) is 0.167. The van der Waals surface area contributed by atoms with Gasteiger partial charge < -0.3 is 15.4 Å². The number of hydrogen-bond donors (Lipinski definition) is 1. The number of aliphatic hydroxyl groups is 1. The summed E-state index contributed by atoms with van der Waals surface area (Å²) in [5.74, 6) is 4.09. The molecule has 86 valence electrons. The summed E-state index contributed by atoms with van der Waals surface area (Å²) in [7, 11) is 1.12. The van der Waals surface area contributed by atoms with Crippen LogP contribution in [0, 0.1) is 11.8 Å². The van der Waals surface area contributed by atoms with Gasteiger partial charge in [-0.1, -0.05) is 30.0 Å². The average Bonchev–Trinajstić information content (AvgIpc) is 2.38. The van der Waals surface area contributed by atoms with Gasteiger partial charge in [-0.3, -0.25) is 0 Å². The minimum Gasteiger partial charge on any atom is -0.460 e. The molecule has 0 amide bonds. The lowest BCUT2D eigenvalue weighted by molar-refractivity contribution is -0.138. The third kappa shape index (κ3) is 3.58. The van der Waals surface area contributed by atoms with Gasteiger partial charge in [-0.15, -0.1) is 0 Å². The zero-order chi connectivity index (χ0) is 12.7. The maximum atomic E-state index is 11.1. The van der Waals surface area contributed by atoms with Gasteiger partial charge in [-0.25, -0.2) is 4.79 Å². The Morgan fingerprint density at radius 3 is 2.65 bits per heavy atom. The molecule has 5 heteroatoms. The van der Waals surface area contributed by atoms with Gasteiger partial charge in [0.15, 0.2) is 0 Å². The zero-order valence-corrected chi connectivity index (χ0v) is 9.12. The van der Waals surface area contributed by atoms with E-state index in [1.807, 2.05) is 6.07 Å². The Labute approximate surface area is 98.3 Å². The molecule has 1 aromatic rings. The highest BCUT2D eigenvalue weighted by Crippen LogP contribution is 1.96. The second kappa shape index (κ2) is 6.23. The highest BCUT2D eigenvalue weighted by atomic mass is 16.5. The van der Waals surface area contributed by atoms with Gasteiger partial charge in [0.05, 0.1) is 7.11 Å². The molecule has 1 rings (SSSR count). The molecule has 0 heterocycles. The van der Waals surface area contributed by atoms with Crippen LogP contribution in [0.15, 0.2) is 30.3 Å². The number of aliphatic hydroxyl groups excluding tert-OH is 1. The molecule has 0 saturated carbocycles. The van der Waals surface area contributed by atoms with Crippen LogP contribution in [0.25, 0.3) is 5.53 Å². The van der Waals surface area contributed by atoms with E-state index in [2.05, 4.69) is 21.4 Å². The van der Waals surface area contributed by atoms with E-state index in [1.165, 1.54) is 0 Å². The molecular weight excluding hydrogens is 220 g/mol. The Hall–Kier alpha value is -2.41. The van der Waals surface area contributed by atoms with Crippen LogP contribution in [0.3, 0.4) is 0 Å². The Morgan fingerprint density at radius 2 is 2.12 bits per heavy atom. The molecule has 5 nitrogen and oxygen atoms in total. The van der Waals surface area contributed by atoms with Crippen LogP contribution in [-0.2, 0) is 9.53 Å². The maximum absolute atomic E-state index is 11.1. The Bertz CT molecular complexity index is 508. The summed E-state index contributed by atoms with van der Waals surface area (Å²) in [4.78, 5) is 13.7. The molecule has 0 fully saturated rings. The van der Waals surface area contributed by atoms with Crippen molar-refractivity contribution in [3.05, 3.63) is 41.4 Å². The number of nitrogens with zero attached hydrogens (tertiary/aromatic N) is 2. The summed E-state index contributed by atoms with van der Waals surface area (Å²) in [6.07, 6.45) is -1.49. The molecule has 0 bridgehead atoms. The van der Waals surface area contributed by atoms with Crippen molar-refractivity contribution in [2.75, 3.05) is 7.11 Å². The summed E-state index contributed by atoms with van der Waals surface area (Å²) in [6.45, 7) is 0. The van der Waals surface area contributed by atoms with Crippen LogP contribution in [-0.4, -0.2) is 34.8 Å². The number of carbonyl (C=O) groups is 1. The Balaban J connectivity index is 2.86. The number of methoxy groups -OCH3 is 1. The largest absolute Gasteiger partial charge is 0.460 e. The number of benzene rings is 1. The van der Waals surface area contributed by atoms with E-state index in [0.29, 0.717) is 5.56 Å². The third-order valence-corrected chi connectivity index (χ3v) is 1.89. The summed E-state index contributed by atoms with van der Waals surface area (Å²) in [5, 5.41) is 9.51. The lowest BCUT2D eigenvalue weighted by Gasteiger charge is -1.95. The first-order chi connectivity index (χ1) is 8.19. The molecule has 0 radical (unpaired) electrons. The summed E-state index contributed by atoms with van der Waals surface area (Å²) in [5.41, 5.74) is 8.68. The fourth-order valence-electron chi connectivity index (χ4n) is 1.05. The van der Waals surface area contributed by atoms with Gasteiger partial charge in [0.1, 0.15) is 0 Å². The number of carbonyl (C=O) groups excluding carboxylic acids is 1. The van der Waals surface area contributed by atoms with Crippen molar-refractivity contribution in [3.8, 4) is 11.8 Å². The standard InChI is InChI=1S/C12H10N2O3/c1-17-12(16)11(14-13)10(15)8-7-9-5-3-2-4-6-9/h2-6,10,15H,1H3. The molecule has 1 aromatic carbocycles.